The van der Waals surface area contributed by atoms with E-state index >= 15 is 0 Å². The van der Waals surface area contributed by atoms with Crippen LogP contribution in [0, 0.1) is 5.92 Å². The topological polar surface area (TPSA) is 95.5 Å². The van der Waals surface area contributed by atoms with Crippen LogP contribution < -0.4 is 10.6 Å². The molecule has 2 amide bonds. The van der Waals surface area contributed by atoms with E-state index < -0.39 is 18.2 Å². The van der Waals surface area contributed by atoms with Gasteiger partial charge in [-0.1, -0.05) is 117 Å². The number of hydrogen-bond donors (Lipinski definition) is 3. The molecule has 4 rings (SSSR count). The van der Waals surface area contributed by atoms with Gasteiger partial charge in [0.2, 0.25) is 11.8 Å². The van der Waals surface area contributed by atoms with Gasteiger partial charge in [-0.25, -0.2) is 0 Å². The summed E-state index contributed by atoms with van der Waals surface area (Å²) < 4.78 is 0. The molecule has 3 N–H and O–H groups in total. The summed E-state index contributed by atoms with van der Waals surface area (Å²) in [5.74, 6) is -0.654. The first-order valence-corrected chi connectivity index (χ1v) is 15.6. The molecule has 0 spiro atoms. The molecule has 230 valence electrons. The molecular formula is C38H44N2O4. The van der Waals surface area contributed by atoms with Gasteiger partial charge in [0.15, 0.2) is 0 Å². The summed E-state index contributed by atoms with van der Waals surface area (Å²) in [5.41, 5.74) is 3.04. The normalized spacial score (nSPS) is 13.3. The number of hydrogen-bond acceptors (Lipinski definition) is 4. The molecule has 3 atom stereocenters. The summed E-state index contributed by atoms with van der Waals surface area (Å²) in [7, 11) is 0. The Morgan fingerprint density at radius 3 is 2.02 bits per heavy atom. The first-order valence-electron chi connectivity index (χ1n) is 15.6. The van der Waals surface area contributed by atoms with Crippen molar-refractivity contribution in [3.05, 3.63) is 120 Å². The average Bonchev–Trinajstić information content (AvgIpc) is 3.03. The Morgan fingerprint density at radius 1 is 0.705 bits per heavy atom. The fourth-order valence-electron chi connectivity index (χ4n) is 5.49. The van der Waals surface area contributed by atoms with Gasteiger partial charge in [-0.05, 0) is 59.1 Å². The fourth-order valence-corrected chi connectivity index (χ4v) is 5.49. The summed E-state index contributed by atoms with van der Waals surface area (Å²) in [6.07, 6.45) is 2.20. The van der Waals surface area contributed by atoms with Gasteiger partial charge in [0.05, 0.1) is 18.6 Å². The largest absolute Gasteiger partial charge is 0.391 e. The second-order valence-electron chi connectivity index (χ2n) is 11.9. The molecule has 0 saturated carbocycles. The van der Waals surface area contributed by atoms with Gasteiger partial charge in [-0.2, -0.15) is 0 Å². The SMILES string of the molecule is CC(C)[C@H](NC(=O)Cc1ccc2ccccc2c1)C(=O)N[C@@H](Cc1ccccc1)[C@@H](O)CCC(=O)CCCc1ccccc1. The highest BCUT2D eigenvalue weighted by Crippen LogP contribution is 2.17. The van der Waals surface area contributed by atoms with Gasteiger partial charge in [0, 0.05) is 12.8 Å². The fraction of sp³-hybridized carbons (Fsp3) is 0.342. The molecule has 0 bridgehead atoms. The highest BCUT2D eigenvalue weighted by atomic mass is 16.3. The maximum absolute atomic E-state index is 13.6. The van der Waals surface area contributed by atoms with Crippen LogP contribution in [0.3, 0.4) is 0 Å². The van der Waals surface area contributed by atoms with Crippen molar-refractivity contribution in [3.8, 4) is 0 Å². The zero-order chi connectivity index (χ0) is 31.3. The molecule has 6 nitrogen and oxygen atoms in total. The van der Waals surface area contributed by atoms with Crippen LogP contribution in [0.15, 0.2) is 103 Å². The van der Waals surface area contributed by atoms with Crippen LogP contribution in [0.2, 0.25) is 0 Å². The van der Waals surface area contributed by atoms with Gasteiger partial charge >= 0.3 is 0 Å². The van der Waals surface area contributed by atoms with Gasteiger partial charge < -0.3 is 15.7 Å². The van der Waals surface area contributed by atoms with E-state index in [2.05, 4.69) is 22.8 Å². The van der Waals surface area contributed by atoms with E-state index in [-0.39, 0.29) is 42.8 Å². The Morgan fingerprint density at radius 2 is 1.34 bits per heavy atom. The minimum atomic E-state index is -0.918. The van der Waals surface area contributed by atoms with Crippen LogP contribution in [-0.4, -0.2) is 40.9 Å². The van der Waals surface area contributed by atoms with E-state index in [0.717, 1.165) is 34.7 Å². The number of nitrogens with one attached hydrogen (secondary N) is 2. The van der Waals surface area contributed by atoms with E-state index in [0.29, 0.717) is 12.8 Å². The molecule has 0 saturated heterocycles. The third-order valence-electron chi connectivity index (χ3n) is 8.02. The van der Waals surface area contributed by atoms with Crippen LogP contribution in [-0.2, 0) is 33.6 Å². The Kier molecular flexibility index (Phi) is 12.3. The van der Waals surface area contributed by atoms with E-state index in [4.69, 9.17) is 0 Å². The zero-order valence-corrected chi connectivity index (χ0v) is 25.7. The van der Waals surface area contributed by atoms with E-state index in [1.807, 2.05) is 105 Å². The highest BCUT2D eigenvalue weighted by Gasteiger charge is 2.29. The molecule has 44 heavy (non-hydrogen) atoms. The molecule has 0 heterocycles. The van der Waals surface area contributed by atoms with Crippen LogP contribution in [0.5, 0.6) is 0 Å². The highest BCUT2D eigenvalue weighted by molar-refractivity contribution is 5.90. The minimum absolute atomic E-state index is 0.103. The third kappa shape index (κ3) is 10.2. The van der Waals surface area contributed by atoms with Crippen molar-refractivity contribution in [2.24, 2.45) is 5.92 Å². The molecule has 0 aliphatic rings. The van der Waals surface area contributed by atoms with Crippen molar-refractivity contribution in [2.45, 2.75) is 77.0 Å². The number of aryl methyl sites for hydroxylation is 1. The van der Waals surface area contributed by atoms with Crippen molar-refractivity contribution >= 4 is 28.4 Å². The maximum atomic E-state index is 13.6. The molecule has 4 aromatic rings. The van der Waals surface area contributed by atoms with Crippen LogP contribution >= 0.6 is 0 Å². The number of ketones is 1. The number of carbonyl (C=O) groups is 3. The number of aliphatic hydroxyl groups excluding tert-OH is 1. The molecule has 0 aliphatic carbocycles. The van der Waals surface area contributed by atoms with Crippen molar-refractivity contribution in [3.63, 3.8) is 0 Å². The summed E-state index contributed by atoms with van der Waals surface area (Å²) in [6.45, 7) is 3.77. The minimum Gasteiger partial charge on any atom is -0.391 e. The number of carbonyl (C=O) groups excluding carboxylic acids is 3. The van der Waals surface area contributed by atoms with Crippen molar-refractivity contribution in [1.29, 1.82) is 0 Å². The number of aliphatic hydroxyl groups is 1. The zero-order valence-electron chi connectivity index (χ0n) is 25.7. The van der Waals surface area contributed by atoms with Gasteiger partial charge in [0.25, 0.3) is 0 Å². The smallest absolute Gasteiger partial charge is 0.243 e. The number of fused-ring (bicyclic) bond motifs is 1. The molecule has 0 fully saturated rings. The number of rotatable bonds is 16. The van der Waals surface area contributed by atoms with E-state index in [1.54, 1.807) is 0 Å². The number of benzene rings is 4. The summed E-state index contributed by atoms with van der Waals surface area (Å²) >= 11 is 0. The molecule has 4 aromatic carbocycles. The van der Waals surface area contributed by atoms with Crippen LogP contribution in [0.25, 0.3) is 10.8 Å². The lowest BCUT2D eigenvalue weighted by molar-refractivity contribution is -0.130. The summed E-state index contributed by atoms with van der Waals surface area (Å²) in [5, 5.41) is 19.3. The quantitative estimate of drug-likeness (QED) is 0.149. The Bertz CT molecular complexity index is 1500. The van der Waals surface area contributed by atoms with Gasteiger partial charge in [-0.15, -0.1) is 0 Å². The van der Waals surface area contributed by atoms with E-state index in [1.165, 1.54) is 5.56 Å². The lowest BCUT2D eigenvalue weighted by atomic mass is 9.95. The van der Waals surface area contributed by atoms with Crippen LogP contribution in [0.1, 0.15) is 56.2 Å². The van der Waals surface area contributed by atoms with Crippen LogP contribution in [0.4, 0.5) is 0 Å². The Balaban J connectivity index is 1.35. The summed E-state index contributed by atoms with van der Waals surface area (Å²) in [6, 6.07) is 32.3. The first-order chi connectivity index (χ1) is 21.3. The molecule has 6 heteroatoms. The van der Waals surface area contributed by atoms with Crippen molar-refractivity contribution in [2.75, 3.05) is 0 Å². The first kappa shape index (κ1) is 32.6. The molecule has 0 unspecified atom stereocenters. The summed E-state index contributed by atoms with van der Waals surface area (Å²) in [4.78, 5) is 39.3. The van der Waals surface area contributed by atoms with Gasteiger partial charge in [0.1, 0.15) is 11.8 Å². The molecule has 0 radical (unpaired) electrons. The lowest BCUT2D eigenvalue weighted by Gasteiger charge is -2.28. The average molecular weight is 593 g/mol. The molecule has 0 aromatic heterocycles. The predicted octanol–water partition coefficient (Wildman–Crippen LogP) is 5.98. The maximum Gasteiger partial charge on any atom is 0.243 e. The molecular weight excluding hydrogens is 548 g/mol. The second kappa shape index (κ2) is 16.5. The number of Topliss-reactive ketones (excluding diaryl/α,β-unsaturated/α-hetero) is 1. The Hall–Kier alpha value is -4.29. The monoisotopic (exact) mass is 592 g/mol. The van der Waals surface area contributed by atoms with Crippen molar-refractivity contribution in [1.82, 2.24) is 10.6 Å². The van der Waals surface area contributed by atoms with Gasteiger partial charge in [-0.3, -0.25) is 14.4 Å². The molecule has 0 aliphatic heterocycles. The number of amides is 2. The lowest BCUT2D eigenvalue weighted by Crippen LogP contribution is -2.55. The van der Waals surface area contributed by atoms with Crippen molar-refractivity contribution < 1.29 is 19.5 Å². The second-order valence-corrected chi connectivity index (χ2v) is 11.9. The predicted molar refractivity (Wildman–Crippen MR) is 176 cm³/mol. The third-order valence-corrected chi connectivity index (χ3v) is 8.02. The van der Waals surface area contributed by atoms with E-state index in [9.17, 15) is 19.5 Å². The standard InChI is InChI=1S/C38H44N2O4/c1-27(2)37(40-36(43)26-30-20-21-31-17-9-10-18-32(31)24-30)38(44)39-34(25-29-14-7-4-8-15-29)35(42)23-22-33(41)19-11-16-28-12-5-3-6-13-28/h3-10,12-15,17-18,20-21,24,27,34-35,37,42H,11,16,19,22-23,25-26H2,1-2H3,(H,39,44)(H,40,43)/t34-,35-,37-/m0/s1. The Labute approximate surface area is 260 Å².